The van der Waals surface area contributed by atoms with Crippen LogP contribution in [0.25, 0.3) is 0 Å². The number of nitrogens with zero attached hydrogens (tertiary/aromatic N) is 1. The SMILES string of the molecule is CS(=O)(=O)c1cc([N+](=O)[O-])c(NCC(c2ccccc2)c2ccccc2)s1. The van der Waals surface area contributed by atoms with Gasteiger partial charge >= 0.3 is 5.69 Å². The van der Waals surface area contributed by atoms with Gasteiger partial charge in [-0.1, -0.05) is 72.0 Å². The van der Waals surface area contributed by atoms with Crippen LogP contribution in [0.1, 0.15) is 17.0 Å². The smallest absolute Gasteiger partial charge is 0.304 e. The van der Waals surface area contributed by atoms with Crippen LogP contribution in [0.4, 0.5) is 10.7 Å². The molecule has 0 amide bonds. The second-order valence-electron chi connectivity index (χ2n) is 6.06. The average molecular weight is 402 g/mol. The maximum Gasteiger partial charge on any atom is 0.304 e. The molecule has 0 bridgehead atoms. The second kappa shape index (κ2) is 7.89. The maximum absolute atomic E-state index is 11.8. The van der Waals surface area contributed by atoms with Gasteiger partial charge in [-0.2, -0.15) is 0 Å². The van der Waals surface area contributed by atoms with Crippen LogP contribution in [0.2, 0.25) is 0 Å². The van der Waals surface area contributed by atoms with Gasteiger partial charge in [-0.05, 0) is 11.1 Å². The van der Waals surface area contributed by atoms with Crippen LogP contribution in [0.15, 0.2) is 70.9 Å². The Kier molecular flexibility index (Phi) is 5.57. The molecule has 0 saturated heterocycles. The first-order chi connectivity index (χ1) is 12.9. The number of benzene rings is 2. The van der Waals surface area contributed by atoms with Crippen LogP contribution in [-0.2, 0) is 9.84 Å². The van der Waals surface area contributed by atoms with E-state index in [0.717, 1.165) is 34.8 Å². The molecule has 0 saturated carbocycles. The van der Waals surface area contributed by atoms with E-state index in [0.29, 0.717) is 6.54 Å². The third kappa shape index (κ3) is 4.53. The number of hydrogen-bond acceptors (Lipinski definition) is 6. The zero-order valence-corrected chi connectivity index (χ0v) is 16.2. The van der Waals surface area contributed by atoms with Crippen molar-refractivity contribution >= 4 is 31.9 Å². The molecule has 6 nitrogen and oxygen atoms in total. The van der Waals surface area contributed by atoms with E-state index < -0.39 is 14.8 Å². The van der Waals surface area contributed by atoms with Crippen molar-refractivity contribution in [3.63, 3.8) is 0 Å². The van der Waals surface area contributed by atoms with E-state index in [1.54, 1.807) is 0 Å². The summed E-state index contributed by atoms with van der Waals surface area (Å²) in [6.07, 6.45) is 1.04. The van der Waals surface area contributed by atoms with E-state index >= 15 is 0 Å². The lowest BCUT2D eigenvalue weighted by atomic mass is 9.91. The third-order valence-corrected chi connectivity index (χ3v) is 7.01. The Balaban J connectivity index is 1.93. The minimum absolute atomic E-state index is 0.0207. The second-order valence-corrected chi connectivity index (χ2v) is 9.36. The van der Waals surface area contributed by atoms with Gasteiger partial charge in [-0.3, -0.25) is 10.1 Å². The molecule has 2 aromatic carbocycles. The molecule has 0 atom stereocenters. The van der Waals surface area contributed by atoms with Crippen LogP contribution >= 0.6 is 11.3 Å². The molecule has 0 aliphatic carbocycles. The molecule has 0 radical (unpaired) electrons. The molecule has 0 unspecified atom stereocenters. The summed E-state index contributed by atoms with van der Waals surface area (Å²) in [7, 11) is -3.51. The van der Waals surface area contributed by atoms with Gasteiger partial charge in [0.1, 0.15) is 4.21 Å². The molecule has 140 valence electrons. The maximum atomic E-state index is 11.8. The van der Waals surface area contributed by atoms with Crippen molar-refractivity contribution in [1.29, 1.82) is 0 Å². The lowest BCUT2D eigenvalue weighted by Crippen LogP contribution is -2.14. The lowest BCUT2D eigenvalue weighted by Gasteiger charge is -2.18. The van der Waals surface area contributed by atoms with Gasteiger partial charge < -0.3 is 5.32 Å². The number of thiophene rings is 1. The molecular weight excluding hydrogens is 384 g/mol. The standard InChI is InChI=1S/C19H18N2O4S2/c1-27(24,25)18-12-17(21(22)23)19(26-18)20-13-16(14-8-4-2-5-9-14)15-10-6-3-7-11-15/h2-12,16,20H,13H2,1H3. The molecule has 8 heteroatoms. The Morgan fingerprint density at radius 3 is 2.00 bits per heavy atom. The van der Waals surface area contributed by atoms with E-state index in [1.165, 1.54) is 0 Å². The zero-order chi connectivity index (χ0) is 19.4. The van der Waals surface area contributed by atoms with E-state index in [2.05, 4.69) is 5.32 Å². The normalized spacial score (nSPS) is 11.5. The summed E-state index contributed by atoms with van der Waals surface area (Å²) < 4.78 is 23.5. The van der Waals surface area contributed by atoms with Gasteiger partial charge in [-0.15, -0.1) is 0 Å². The highest BCUT2D eigenvalue weighted by Crippen LogP contribution is 2.38. The molecule has 0 spiro atoms. The first kappa shape index (κ1) is 19.1. The Hall–Kier alpha value is -2.71. The predicted octanol–water partition coefficient (Wildman–Crippen LogP) is 4.30. The molecule has 1 heterocycles. The van der Waals surface area contributed by atoms with Crippen molar-refractivity contribution in [2.24, 2.45) is 0 Å². The highest BCUT2D eigenvalue weighted by atomic mass is 32.2. The molecule has 1 aromatic heterocycles. The molecule has 3 rings (SSSR count). The van der Waals surface area contributed by atoms with Gasteiger partial charge in [0.05, 0.1) is 4.92 Å². The summed E-state index contributed by atoms with van der Waals surface area (Å²) in [6.45, 7) is 0.401. The van der Waals surface area contributed by atoms with Gasteiger partial charge in [0.15, 0.2) is 14.8 Å². The molecule has 0 aliphatic rings. The summed E-state index contributed by atoms with van der Waals surface area (Å²) >= 11 is 0.886. The molecule has 3 aromatic rings. The van der Waals surface area contributed by atoms with E-state index in [4.69, 9.17) is 0 Å². The molecule has 27 heavy (non-hydrogen) atoms. The van der Waals surface area contributed by atoms with Crippen molar-refractivity contribution in [3.05, 3.63) is 88.0 Å². The Morgan fingerprint density at radius 1 is 1.04 bits per heavy atom. The van der Waals surface area contributed by atoms with Crippen molar-refractivity contribution in [1.82, 2.24) is 0 Å². The molecule has 1 N–H and O–H groups in total. The topological polar surface area (TPSA) is 89.3 Å². The van der Waals surface area contributed by atoms with Gasteiger partial charge in [0, 0.05) is 24.8 Å². The summed E-state index contributed by atoms with van der Waals surface area (Å²) in [4.78, 5) is 10.8. The number of nitrogens with one attached hydrogen (secondary N) is 1. The monoisotopic (exact) mass is 402 g/mol. The lowest BCUT2D eigenvalue weighted by molar-refractivity contribution is -0.383. The summed E-state index contributed by atoms with van der Waals surface area (Å²) in [5.74, 6) is -0.0317. The fourth-order valence-electron chi connectivity index (χ4n) is 2.80. The van der Waals surface area contributed by atoms with E-state index in [9.17, 15) is 18.5 Å². The first-order valence-electron chi connectivity index (χ1n) is 8.18. The van der Waals surface area contributed by atoms with Crippen molar-refractivity contribution in [2.75, 3.05) is 18.1 Å². The predicted molar refractivity (Wildman–Crippen MR) is 107 cm³/mol. The van der Waals surface area contributed by atoms with Crippen LogP contribution < -0.4 is 5.32 Å². The highest BCUT2D eigenvalue weighted by molar-refractivity contribution is 7.92. The quantitative estimate of drug-likeness (QED) is 0.470. The van der Waals surface area contributed by atoms with Crippen molar-refractivity contribution in [3.8, 4) is 0 Å². The minimum Gasteiger partial charge on any atom is -0.370 e. The summed E-state index contributed by atoms with van der Waals surface area (Å²) in [5.41, 5.74) is 1.91. The van der Waals surface area contributed by atoms with E-state index in [-0.39, 0.29) is 20.8 Å². The zero-order valence-electron chi connectivity index (χ0n) is 14.5. The van der Waals surface area contributed by atoms with E-state index in [1.807, 2.05) is 60.7 Å². The van der Waals surface area contributed by atoms with Crippen LogP contribution in [0.5, 0.6) is 0 Å². The molecule has 0 aliphatic heterocycles. The Morgan fingerprint density at radius 2 is 1.56 bits per heavy atom. The van der Waals surface area contributed by atoms with Gasteiger partial charge in [0.2, 0.25) is 0 Å². The number of sulfone groups is 1. The number of rotatable bonds is 7. The van der Waals surface area contributed by atoms with Gasteiger partial charge in [0.25, 0.3) is 0 Å². The Bertz CT molecular complexity index is 993. The fraction of sp³-hybridized carbons (Fsp3) is 0.158. The average Bonchev–Trinajstić information content (AvgIpc) is 3.09. The number of hydrogen-bond donors (Lipinski definition) is 1. The molecule has 0 fully saturated rings. The Labute approximate surface area is 161 Å². The van der Waals surface area contributed by atoms with Crippen LogP contribution in [-0.4, -0.2) is 26.1 Å². The molecular formula is C19H18N2O4S2. The van der Waals surface area contributed by atoms with Crippen molar-refractivity contribution < 1.29 is 13.3 Å². The fourth-order valence-corrected chi connectivity index (χ4v) is 4.74. The van der Waals surface area contributed by atoms with Crippen molar-refractivity contribution in [2.45, 2.75) is 10.1 Å². The highest BCUT2D eigenvalue weighted by Gasteiger charge is 2.24. The van der Waals surface area contributed by atoms with Crippen LogP contribution in [0.3, 0.4) is 0 Å². The van der Waals surface area contributed by atoms with Gasteiger partial charge in [-0.25, -0.2) is 8.42 Å². The largest absolute Gasteiger partial charge is 0.370 e. The number of nitro groups is 1. The van der Waals surface area contributed by atoms with Crippen LogP contribution in [0, 0.1) is 10.1 Å². The minimum atomic E-state index is -3.51. The summed E-state index contributed by atoms with van der Waals surface area (Å²) in [5, 5.41) is 14.7. The first-order valence-corrected chi connectivity index (χ1v) is 10.9. The summed E-state index contributed by atoms with van der Waals surface area (Å²) in [6, 6.07) is 20.8. The third-order valence-electron chi connectivity index (χ3n) is 4.12. The number of anilines is 1.